The van der Waals surface area contributed by atoms with Crippen LogP contribution in [0.2, 0.25) is 0 Å². The van der Waals surface area contributed by atoms with Gasteiger partial charge in [-0.25, -0.2) is 4.79 Å². The number of rotatable bonds is 7. The maximum atomic E-state index is 11.9. The molecule has 0 aromatic heterocycles. The topological polar surface area (TPSA) is 75.6 Å². The van der Waals surface area contributed by atoms with Gasteiger partial charge in [0.25, 0.3) is 0 Å². The Hall–Kier alpha value is -2.04. The molecule has 5 nitrogen and oxygen atoms in total. The number of ether oxygens (including phenoxy) is 1. The summed E-state index contributed by atoms with van der Waals surface area (Å²) in [5.74, 6) is -0.918. The first-order chi connectivity index (χ1) is 9.87. The molecule has 1 aromatic carbocycles. The number of aliphatic carboxylic acids is 1. The molecule has 2 atom stereocenters. The molecular weight excluding hydrogens is 270 g/mol. The number of nitrogens with one attached hydrogen (secondary N) is 1. The molecule has 0 saturated heterocycles. The lowest BCUT2D eigenvalue weighted by Crippen LogP contribution is -2.52. The molecule has 0 aliphatic heterocycles. The van der Waals surface area contributed by atoms with E-state index in [2.05, 4.69) is 5.32 Å². The molecule has 0 spiro atoms. The van der Waals surface area contributed by atoms with Crippen LogP contribution >= 0.6 is 0 Å². The Balaban J connectivity index is 2.61. The number of carboxylic acid groups (broad SMARTS) is 1. The molecular formula is C16H23NO4. The van der Waals surface area contributed by atoms with E-state index in [9.17, 15) is 9.59 Å². The van der Waals surface area contributed by atoms with E-state index >= 15 is 0 Å². The highest BCUT2D eigenvalue weighted by Gasteiger charge is 2.34. The summed E-state index contributed by atoms with van der Waals surface area (Å²) >= 11 is 0. The van der Waals surface area contributed by atoms with Crippen LogP contribution in [0.3, 0.4) is 0 Å². The SMILES string of the molecule is CCC(C)C(C)(CC(=O)O)NC(=O)OCc1ccccc1. The third-order valence-corrected chi connectivity index (χ3v) is 3.82. The zero-order valence-electron chi connectivity index (χ0n) is 12.8. The second-order valence-electron chi connectivity index (χ2n) is 5.48. The normalized spacial score (nSPS) is 14.8. The highest BCUT2D eigenvalue weighted by atomic mass is 16.5. The molecule has 0 aliphatic rings. The van der Waals surface area contributed by atoms with Crippen LogP contribution in [0.15, 0.2) is 30.3 Å². The number of hydrogen-bond acceptors (Lipinski definition) is 3. The minimum absolute atomic E-state index is 0.0258. The first-order valence-electron chi connectivity index (χ1n) is 7.08. The third-order valence-electron chi connectivity index (χ3n) is 3.82. The van der Waals surface area contributed by atoms with Crippen molar-refractivity contribution in [2.75, 3.05) is 0 Å². The summed E-state index contributed by atoms with van der Waals surface area (Å²) in [6, 6.07) is 9.34. The zero-order chi connectivity index (χ0) is 15.9. The van der Waals surface area contributed by atoms with Gasteiger partial charge < -0.3 is 15.2 Å². The molecule has 0 saturated carbocycles. The lowest BCUT2D eigenvalue weighted by atomic mass is 9.82. The van der Waals surface area contributed by atoms with Crippen LogP contribution in [0.4, 0.5) is 4.79 Å². The molecule has 0 radical (unpaired) electrons. The van der Waals surface area contributed by atoms with Crippen molar-refractivity contribution in [1.29, 1.82) is 0 Å². The average Bonchev–Trinajstić information content (AvgIpc) is 2.44. The molecule has 2 N–H and O–H groups in total. The number of hydrogen-bond donors (Lipinski definition) is 2. The van der Waals surface area contributed by atoms with Gasteiger partial charge in [0.2, 0.25) is 0 Å². The summed E-state index contributed by atoms with van der Waals surface area (Å²) in [6.45, 7) is 5.78. The molecule has 0 bridgehead atoms. The van der Waals surface area contributed by atoms with Crippen molar-refractivity contribution in [2.45, 2.75) is 45.8 Å². The monoisotopic (exact) mass is 293 g/mol. The molecule has 21 heavy (non-hydrogen) atoms. The van der Waals surface area contributed by atoms with Crippen molar-refractivity contribution in [3.63, 3.8) is 0 Å². The lowest BCUT2D eigenvalue weighted by molar-refractivity contribution is -0.139. The maximum absolute atomic E-state index is 11.9. The lowest BCUT2D eigenvalue weighted by Gasteiger charge is -2.34. The van der Waals surface area contributed by atoms with Crippen LogP contribution in [0.1, 0.15) is 39.2 Å². The number of alkyl carbamates (subject to hydrolysis) is 1. The van der Waals surface area contributed by atoms with Crippen molar-refractivity contribution < 1.29 is 19.4 Å². The largest absolute Gasteiger partial charge is 0.481 e. The van der Waals surface area contributed by atoms with Crippen molar-refractivity contribution in [2.24, 2.45) is 5.92 Å². The van der Waals surface area contributed by atoms with Crippen molar-refractivity contribution >= 4 is 12.1 Å². The van der Waals surface area contributed by atoms with Crippen LogP contribution in [-0.2, 0) is 16.1 Å². The Bertz CT molecular complexity index is 474. The van der Waals surface area contributed by atoms with Gasteiger partial charge in [0.1, 0.15) is 6.61 Å². The van der Waals surface area contributed by atoms with Gasteiger partial charge in [-0.1, -0.05) is 50.6 Å². The van der Waals surface area contributed by atoms with E-state index in [0.29, 0.717) is 0 Å². The van der Waals surface area contributed by atoms with Crippen molar-refractivity contribution in [1.82, 2.24) is 5.32 Å². The molecule has 0 aliphatic carbocycles. The van der Waals surface area contributed by atoms with Gasteiger partial charge in [-0.05, 0) is 18.4 Å². The maximum Gasteiger partial charge on any atom is 0.407 e. The van der Waals surface area contributed by atoms with E-state index in [1.54, 1.807) is 6.92 Å². The van der Waals surface area contributed by atoms with Crippen molar-refractivity contribution in [3.8, 4) is 0 Å². The van der Waals surface area contributed by atoms with Gasteiger partial charge in [-0.3, -0.25) is 4.79 Å². The Kier molecular flexibility index (Phi) is 6.21. The predicted octanol–water partition coefficient (Wildman–Crippen LogP) is 3.19. The fraction of sp³-hybridized carbons (Fsp3) is 0.500. The minimum Gasteiger partial charge on any atom is -0.481 e. The fourth-order valence-electron chi connectivity index (χ4n) is 2.10. The number of carbonyl (C=O) groups excluding carboxylic acids is 1. The van der Waals surface area contributed by atoms with Gasteiger partial charge in [0.05, 0.1) is 12.0 Å². The molecule has 0 heterocycles. The highest BCUT2D eigenvalue weighted by Crippen LogP contribution is 2.24. The molecule has 1 aromatic rings. The Morgan fingerprint density at radius 3 is 2.48 bits per heavy atom. The fourth-order valence-corrected chi connectivity index (χ4v) is 2.10. The van der Waals surface area contributed by atoms with Crippen LogP contribution in [-0.4, -0.2) is 22.7 Å². The first-order valence-corrected chi connectivity index (χ1v) is 7.08. The average molecular weight is 293 g/mol. The first kappa shape index (κ1) is 17.0. The zero-order valence-corrected chi connectivity index (χ0v) is 12.8. The summed E-state index contributed by atoms with van der Waals surface area (Å²) in [6.07, 6.45) is 0.0356. The molecule has 2 unspecified atom stereocenters. The smallest absolute Gasteiger partial charge is 0.407 e. The molecule has 116 valence electrons. The van der Waals surface area contributed by atoms with Crippen LogP contribution in [0, 0.1) is 5.92 Å². The Morgan fingerprint density at radius 2 is 1.95 bits per heavy atom. The van der Waals surface area contributed by atoms with E-state index in [-0.39, 0.29) is 18.9 Å². The van der Waals surface area contributed by atoms with Crippen molar-refractivity contribution in [3.05, 3.63) is 35.9 Å². The van der Waals surface area contributed by atoms with Gasteiger partial charge in [0.15, 0.2) is 0 Å². The van der Waals surface area contributed by atoms with Gasteiger partial charge in [-0.15, -0.1) is 0 Å². The minimum atomic E-state index is -0.943. The Labute approximate surface area is 125 Å². The molecule has 1 amide bonds. The Morgan fingerprint density at radius 1 is 1.33 bits per heavy atom. The van der Waals surface area contributed by atoms with E-state index in [1.807, 2.05) is 44.2 Å². The molecule has 5 heteroatoms. The van der Waals surface area contributed by atoms with E-state index in [0.717, 1.165) is 12.0 Å². The second kappa shape index (κ2) is 7.67. The number of carbonyl (C=O) groups is 2. The number of amides is 1. The summed E-state index contributed by atoms with van der Waals surface area (Å²) in [5, 5.41) is 11.7. The van der Waals surface area contributed by atoms with Gasteiger partial charge >= 0.3 is 12.1 Å². The summed E-state index contributed by atoms with van der Waals surface area (Å²) < 4.78 is 5.16. The van der Waals surface area contributed by atoms with Crippen LogP contribution in [0.5, 0.6) is 0 Å². The third kappa shape index (κ3) is 5.45. The second-order valence-corrected chi connectivity index (χ2v) is 5.48. The summed E-state index contributed by atoms with van der Waals surface area (Å²) in [7, 11) is 0. The summed E-state index contributed by atoms with van der Waals surface area (Å²) in [5.41, 5.74) is 0.0603. The van der Waals surface area contributed by atoms with Crippen LogP contribution < -0.4 is 5.32 Å². The number of benzene rings is 1. The quantitative estimate of drug-likeness (QED) is 0.809. The van der Waals surface area contributed by atoms with E-state index < -0.39 is 17.6 Å². The van der Waals surface area contributed by atoms with E-state index in [4.69, 9.17) is 9.84 Å². The highest BCUT2D eigenvalue weighted by molar-refractivity contribution is 5.72. The number of carboxylic acids is 1. The van der Waals surface area contributed by atoms with Crippen LogP contribution in [0.25, 0.3) is 0 Å². The molecule has 1 rings (SSSR count). The summed E-state index contributed by atoms with van der Waals surface area (Å²) in [4.78, 5) is 22.9. The standard InChI is InChI=1S/C16H23NO4/c1-4-12(2)16(3,10-14(18)19)17-15(20)21-11-13-8-6-5-7-9-13/h5-9,12H,4,10-11H2,1-3H3,(H,17,20)(H,18,19). The molecule has 0 fully saturated rings. The predicted molar refractivity (Wildman–Crippen MR) is 79.9 cm³/mol. The van der Waals surface area contributed by atoms with E-state index in [1.165, 1.54) is 0 Å². The van der Waals surface area contributed by atoms with Gasteiger partial charge in [-0.2, -0.15) is 0 Å². The van der Waals surface area contributed by atoms with Gasteiger partial charge in [0, 0.05) is 0 Å².